The summed E-state index contributed by atoms with van der Waals surface area (Å²) in [6.07, 6.45) is 0. The Morgan fingerprint density at radius 3 is 2.65 bits per heavy atom. The average molecular weight is 311 g/mol. The molecule has 6 heteroatoms. The largest absolute Gasteiger partial charge is 0.380 e. The van der Waals surface area contributed by atoms with Gasteiger partial charge >= 0.3 is 0 Å². The fourth-order valence-corrected chi connectivity index (χ4v) is 2.21. The molecule has 1 N–H and O–H groups in total. The number of nitro groups is 1. The van der Waals surface area contributed by atoms with E-state index in [1.807, 2.05) is 13.0 Å². The van der Waals surface area contributed by atoms with Gasteiger partial charge in [-0.15, -0.1) is 0 Å². The highest BCUT2D eigenvalue weighted by Crippen LogP contribution is 2.29. The molecule has 0 saturated heterocycles. The Labute approximate surface area is 126 Å². The van der Waals surface area contributed by atoms with E-state index >= 15 is 0 Å². The van der Waals surface area contributed by atoms with E-state index in [0.717, 1.165) is 11.1 Å². The summed E-state index contributed by atoms with van der Waals surface area (Å²) in [7, 11) is 0. The van der Waals surface area contributed by atoms with Crippen molar-refractivity contribution in [2.24, 2.45) is 0 Å². The molecule has 0 aliphatic carbocycles. The summed E-state index contributed by atoms with van der Waals surface area (Å²) in [4.78, 5) is 10.3. The Balaban J connectivity index is 2.15. The summed E-state index contributed by atoms with van der Waals surface area (Å²) >= 11 is 12.2. The molecule has 0 fully saturated rings. The maximum atomic E-state index is 10.7. The Hall–Kier alpha value is -1.78. The van der Waals surface area contributed by atoms with Crippen molar-refractivity contribution in [1.29, 1.82) is 0 Å². The third-order valence-electron chi connectivity index (χ3n) is 2.85. The topological polar surface area (TPSA) is 55.2 Å². The molecule has 0 amide bonds. The minimum Gasteiger partial charge on any atom is -0.380 e. The van der Waals surface area contributed by atoms with E-state index in [0.29, 0.717) is 22.3 Å². The van der Waals surface area contributed by atoms with Crippen molar-refractivity contribution >= 4 is 34.6 Å². The minimum absolute atomic E-state index is 0.0670. The van der Waals surface area contributed by atoms with Gasteiger partial charge in [-0.2, -0.15) is 0 Å². The molecule has 20 heavy (non-hydrogen) atoms. The van der Waals surface area contributed by atoms with Crippen molar-refractivity contribution in [2.75, 3.05) is 5.32 Å². The number of hydrogen-bond acceptors (Lipinski definition) is 3. The molecule has 2 aromatic rings. The van der Waals surface area contributed by atoms with Gasteiger partial charge in [0.05, 0.1) is 15.6 Å². The van der Waals surface area contributed by atoms with Gasteiger partial charge in [0, 0.05) is 23.7 Å². The SMILES string of the molecule is Cc1cc(Cl)c(NCc2cccc([N+](=O)[O-])c2)cc1Cl. The van der Waals surface area contributed by atoms with Crippen molar-refractivity contribution in [3.05, 3.63) is 67.7 Å². The summed E-state index contributed by atoms with van der Waals surface area (Å²) in [5, 5.41) is 15.0. The van der Waals surface area contributed by atoms with Crippen LogP contribution in [0, 0.1) is 17.0 Å². The van der Waals surface area contributed by atoms with E-state index in [4.69, 9.17) is 23.2 Å². The van der Waals surface area contributed by atoms with Crippen LogP contribution in [0.15, 0.2) is 36.4 Å². The third-order valence-corrected chi connectivity index (χ3v) is 3.57. The Morgan fingerprint density at radius 1 is 1.20 bits per heavy atom. The highest BCUT2D eigenvalue weighted by Gasteiger charge is 2.07. The highest BCUT2D eigenvalue weighted by atomic mass is 35.5. The Kier molecular flexibility index (Phi) is 4.47. The average Bonchev–Trinajstić information content (AvgIpc) is 2.41. The molecular weight excluding hydrogens is 299 g/mol. The summed E-state index contributed by atoms with van der Waals surface area (Å²) in [5.41, 5.74) is 2.47. The van der Waals surface area contributed by atoms with Crippen LogP contribution < -0.4 is 5.32 Å². The zero-order valence-electron chi connectivity index (χ0n) is 10.7. The smallest absolute Gasteiger partial charge is 0.269 e. The molecule has 0 atom stereocenters. The first-order chi connectivity index (χ1) is 9.47. The Bertz CT molecular complexity index is 660. The molecule has 0 spiro atoms. The lowest BCUT2D eigenvalue weighted by atomic mass is 10.2. The zero-order chi connectivity index (χ0) is 14.7. The molecule has 0 aliphatic rings. The number of non-ortho nitro benzene ring substituents is 1. The third kappa shape index (κ3) is 3.40. The second-order valence-corrected chi connectivity index (χ2v) is 5.18. The van der Waals surface area contributed by atoms with Gasteiger partial charge in [0.2, 0.25) is 0 Å². The van der Waals surface area contributed by atoms with Crippen molar-refractivity contribution in [2.45, 2.75) is 13.5 Å². The van der Waals surface area contributed by atoms with Crippen LogP contribution in [0.2, 0.25) is 10.0 Å². The lowest BCUT2D eigenvalue weighted by molar-refractivity contribution is -0.384. The number of nitrogens with one attached hydrogen (secondary N) is 1. The molecule has 0 unspecified atom stereocenters. The highest BCUT2D eigenvalue weighted by molar-refractivity contribution is 6.35. The van der Waals surface area contributed by atoms with Gasteiger partial charge in [0.1, 0.15) is 0 Å². The van der Waals surface area contributed by atoms with Crippen LogP contribution in [0.4, 0.5) is 11.4 Å². The zero-order valence-corrected chi connectivity index (χ0v) is 12.2. The quantitative estimate of drug-likeness (QED) is 0.650. The van der Waals surface area contributed by atoms with Gasteiger partial charge in [0.25, 0.3) is 5.69 Å². The van der Waals surface area contributed by atoms with Crippen molar-refractivity contribution in [3.63, 3.8) is 0 Å². The molecule has 0 aliphatic heterocycles. The lowest BCUT2D eigenvalue weighted by Gasteiger charge is -2.10. The van der Waals surface area contributed by atoms with Crippen molar-refractivity contribution in [1.82, 2.24) is 0 Å². The molecule has 2 rings (SSSR count). The van der Waals surface area contributed by atoms with Gasteiger partial charge in [-0.3, -0.25) is 10.1 Å². The van der Waals surface area contributed by atoms with Crippen LogP contribution >= 0.6 is 23.2 Å². The molecule has 104 valence electrons. The second kappa shape index (κ2) is 6.11. The fraction of sp³-hybridized carbons (Fsp3) is 0.143. The summed E-state index contributed by atoms with van der Waals surface area (Å²) in [5.74, 6) is 0. The molecular formula is C14H12Cl2N2O2. The van der Waals surface area contributed by atoms with Crippen LogP contribution in [0.25, 0.3) is 0 Å². The first-order valence-electron chi connectivity index (χ1n) is 5.90. The maximum Gasteiger partial charge on any atom is 0.269 e. The number of nitro benzene ring substituents is 1. The van der Waals surface area contributed by atoms with Crippen molar-refractivity contribution in [3.8, 4) is 0 Å². The van der Waals surface area contributed by atoms with Gasteiger partial charge in [-0.05, 0) is 30.2 Å². The second-order valence-electron chi connectivity index (χ2n) is 4.36. The van der Waals surface area contributed by atoms with Crippen LogP contribution in [-0.4, -0.2) is 4.92 Å². The molecule has 0 bridgehead atoms. The first kappa shape index (κ1) is 14.6. The van der Waals surface area contributed by atoms with Crippen LogP contribution in [0.1, 0.15) is 11.1 Å². The predicted octanol–water partition coefficient (Wildman–Crippen LogP) is 4.82. The molecule has 0 aromatic heterocycles. The maximum absolute atomic E-state index is 10.7. The summed E-state index contributed by atoms with van der Waals surface area (Å²) in [6, 6.07) is 9.97. The van der Waals surface area contributed by atoms with Crippen molar-refractivity contribution < 1.29 is 4.92 Å². The number of hydrogen-bond donors (Lipinski definition) is 1. The van der Waals surface area contributed by atoms with Crippen LogP contribution in [0.5, 0.6) is 0 Å². The molecule has 0 saturated carbocycles. The standard InChI is InChI=1S/C14H12Cl2N2O2/c1-9-5-13(16)14(7-12(9)15)17-8-10-3-2-4-11(6-10)18(19)20/h2-7,17H,8H2,1H3. The van der Waals surface area contributed by atoms with E-state index in [9.17, 15) is 10.1 Å². The Morgan fingerprint density at radius 2 is 1.95 bits per heavy atom. The van der Waals surface area contributed by atoms with E-state index in [2.05, 4.69) is 5.32 Å². The number of rotatable bonds is 4. The molecule has 0 radical (unpaired) electrons. The predicted molar refractivity (Wildman–Crippen MR) is 81.6 cm³/mol. The normalized spacial score (nSPS) is 10.3. The molecule has 2 aromatic carbocycles. The fourth-order valence-electron chi connectivity index (χ4n) is 1.76. The molecule has 4 nitrogen and oxygen atoms in total. The number of aryl methyl sites for hydroxylation is 1. The molecule has 0 heterocycles. The van der Waals surface area contributed by atoms with Gasteiger partial charge in [0.15, 0.2) is 0 Å². The lowest BCUT2D eigenvalue weighted by Crippen LogP contribution is -2.01. The van der Waals surface area contributed by atoms with E-state index in [1.165, 1.54) is 12.1 Å². The van der Waals surface area contributed by atoms with Crippen LogP contribution in [-0.2, 0) is 6.54 Å². The number of halogens is 2. The number of benzene rings is 2. The minimum atomic E-state index is -0.417. The van der Waals surface area contributed by atoms with E-state index in [1.54, 1.807) is 18.2 Å². The number of anilines is 1. The van der Waals surface area contributed by atoms with Gasteiger partial charge in [-0.25, -0.2) is 0 Å². The summed E-state index contributed by atoms with van der Waals surface area (Å²) < 4.78 is 0. The first-order valence-corrected chi connectivity index (χ1v) is 6.66. The van der Waals surface area contributed by atoms with E-state index in [-0.39, 0.29) is 5.69 Å². The van der Waals surface area contributed by atoms with Gasteiger partial charge < -0.3 is 5.32 Å². The van der Waals surface area contributed by atoms with E-state index < -0.39 is 4.92 Å². The monoisotopic (exact) mass is 310 g/mol. The summed E-state index contributed by atoms with van der Waals surface area (Å²) in [6.45, 7) is 2.30. The van der Waals surface area contributed by atoms with Crippen LogP contribution in [0.3, 0.4) is 0 Å². The van der Waals surface area contributed by atoms with Gasteiger partial charge in [-0.1, -0.05) is 35.3 Å². The number of nitrogens with zero attached hydrogens (tertiary/aromatic N) is 1.